The zero-order chi connectivity index (χ0) is 18.6. The Labute approximate surface area is 153 Å². The lowest BCUT2D eigenvalue weighted by atomic mass is 10.1. The molecule has 3 N–H and O–H groups in total. The van der Waals surface area contributed by atoms with E-state index in [9.17, 15) is 19.8 Å². The Kier molecular flexibility index (Phi) is 6.12. The summed E-state index contributed by atoms with van der Waals surface area (Å²) in [7, 11) is 0. The molecule has 0 heterocycles. The molecule has 0 radical (unpaired) electrons. The Balaban J connectivity index is 1.91. The fourth-order valence-corrected chi connectivity index (χ4v) is 2.36. The van der Waals surface area contributed by atoms with Gasteiger partial charge in [0.1, 0.15) is 17.1 Å². The maximum Gasteiger partial charge on any atom is 0.342 e. The molecule has 0 aliphatic rings. The summed E-state index contributed by atoms with van der Waals surface area (Å²) in [5.41, 5.74) is 0.591. The smallest absolute Gasteiger partial charge is 0.342 e. The van der Waals surface area contributed by atoms with Crippen LogP contribution in [0.5, 0.6) is 11.5 Å². The van der Waals surface area contributed by atoms with E-state index in [4.69, 9.17) is 27.9 Å². The summed E-state index contributed by atoms with van der Waals surface area (Å²) >= 11 is 11.8. The molecule has 0 aliphatic carbocycles. The molecular formula is C17H15Cl2NO5. The SMILES string of the molecule is C[C@H](NC(=O)COC(=O)c1ccc(O)cc1O)c1ccc(Cl)c(Cl)c1. The fourth-order valence-electron chi connectivity index (χ4n) is 2.05. The van der Waals surface area contributed by atoms with Crippen LogP contribution in [-0.4, -0.2) is 28.7 Å². The summed E-state index contributed by atoms with van der Waals surface area (Å²) in [4.78, 5) is 23.7. The Morgan fingerprint density at radius 3 is 2.48 bits per heavy atom. The monoisotopic (exact) mass is 383 g/mol. The number of halogens is 2. The van der Waals surface area contributed by atoms with Crippen LogP contribution < -0.4 is 5.32 Å². The van der Waals surface area contributed by atoms with E-state index in [0.29, 0.717) is 10.0 Å². The molecule has 0 saturated heterocycles. The number of phenolic OH excluding ortho intramolecular Hbond substituents is 2. The maximum atomic E-state index is 11.9. The molecule has 132 valence electrons. The van der Waals surface area contributed by atoms with Crippen molar-refractivity contribution in [1.29, 1.82) is 0 Å². The minimum absolute atomic E-state index is 0.150. The number of ether oxygens (including phenoxy) is 1. The van der Waals surface area contributed by atoms with Crippen LogP contribution in [0.3, 0.4) is 0 Å². The number of hydrogen-bond donors (Lipinski definition) is 3. The van der Waals surface area contributed by atoms with E-state index in [1.807, 2.05) is 0 Å². The Morgan fingerprint density at radius 1 is 1.12 bits per heavy atom. The first kappa shape index (κ1) is 18.9. The van der Waals surface area contributed by atoms with Gasteiger partial charge in [0, 0.05) is 6.07 Å². The third-order valence-corrected chi connectivity index (χ3v) is 4.10. The van der Waals surface area contributed by atoms with Crippen molar-refractivity contribution in [3.8, 4) is 11.5 Å². The molecule has 0 saturated carbocycles. The standard InChI is InChI=1S/C17H15Cl2NO5/c1-9(10-2-5-13(18)14(19)6-10)20-16(23)8-25-17(24)12-4-3-11(21)7-15(12)22/h2-7,9,21-22H,8H2,1H3,(H,20,23)/t9-/m0/s1. The summed E-state index contributed by atoms with van der Waals surface area (Å²) in [5.74, 6) is -2.03. The molecule has 0 spiro atoms. The van der Waals surface area contributed by atoms with Gasteiger partial charge >= 0.3 is 5.97 Å². The van der Waals surface area contributed by atoms with E-state index < -0.39 is 24.2 Å². The molecule has 0 unspecified atom stereocenters. The molecule has 2 aromatic carbocycles. The number of phenols is 2. The zero-order valence-electron chi connectivity index (χ0n) is 13.1. The molecule has 0 fully saturated rings. The molecule has 2 rings (SSSR count). The van der Waals surface area contributed by atoms with Gasteiger partial charge in [-0.3, -0.25) is 4.79 Å². The van der Waals surface area contributed by atoms with Gasteiger partial charge in [0.15, 0.2) is 6.61 Å². The first-order chi connectivity index (χ1) is 11.8. The van der Waals surface area contributed by atoms with E-state index in [1.54, 1.807) is 25.1 Å². The summed E-state index contributed by atoms with van der Waals surface area (Å²) in [6.07, 6.45) is 0. The van der Waals surface area contributed by atoms with Crippen molar-refractivity contribution in [3.05, 3.63) is 57.6 Å². The molecule has 6 nitrogen and oxygen atoms in total. The van der Waals surface area contributed by atoms with Crippen molar-refractivity contribution in [2.75, 3.05) is 6.61 Å². The largest absolute Gasteiger partial charge is 0.508 e. The van der Waals surface area contributed by atoms with Gasteiger partial charge in [-0.15, -0.1) is 0 Å². The Hall–Kier alpha value is -2.44. The number of carbonyl (C=O) groups excluding carboxylic acids is 2. The van der Waals surface area contributed by atoms with E-state index in [0.717, 1.165) is 11.6 Å². The molecule has 0 aliphatic heterocycles. The van der Waals surface area contributed by atoms with E-state index in [1.165, 1.54) is 12.1 Å². The third kappa shape index (κ3) is 5.01. The van der Waals surface area contributed by atoms with Gasteiger partial charge in [-0.1, -0.05) is 29.3 Å². The Morgan fingerprint density at radius 2 is 1.84 bits per heavy atom. The molecule has 0 bridgehead atoms. The summed E-state index contributed by atoms with van der Waals surface area (Å²) in [5, 5.41) is 22.2. The van der Waals surface area contributed by atoms with Crippen molar-refractivity contribution in [2.24, 2.45) is 0 Å². The maximum absolute atomic E-state index is 11.9. The van der Waals surface area contributed by atoms with Crippen LogP contribution >= 0.6 is 23.2 Å². The van der Waals surface area contributed by atoms with Gasteiger partial charge in [-0.2, -0.15) is 0 Å². The van der Waals surface area contributed by atoms with E-state index >= 15 is 0 Å². The molecule has 0 aromatic heterocycles. The van der Waals surface area contributed by atoms with Gasteiger partial charge in [-0.05, 0) is 36.8 Å². The molecule has 1 atom stereocenters. The second kappa shape index (κ2) is 8.09. The van der Waals surface area contributed by atoms with Crippen LogP contribution in [0, 0.1) is 0 Å². The number of aromatic hydroxyl groups is 2. The summed E-state index contributed by atoms with van der Waals surface area (Å²) in [6, 6.07) is 8.03. The first-order valence-corrected chi connectivity index (χ1v) is 7.97. The number of amides is 1. The van der Waals surface area contributed by atoms with Gasteiger partial charge in [0.2, 0.25) is 0 Å². The predicted molar refractivity (Wildman–Crippen MR) is 93.1 cm³/mol. The quantitative estimate of drug-likeness (QED) is 0.687. The molecular weight excluding hydrogens is 369 g/mol. The highest BCUT2D eigenvalue weighted by Gasteiger charge is 2.16. The normalized spacial score (nSPS) is 11.6. The molecule has 8 heteroatoms. The highest BCUT2D eigenvalue weighted by Crippen LogP contribution is 2.25. The molecule has 1 amide bonds. The number of hydrogen-bond acceptors (Lipinski definition) is 5. The average Bonchev–Trinajstić information content (AvgIpc) is 2.55. The summed E-state index contributed by atoms with van der Waals surface area (Å²) < 4.78 is 4.85. The lowest BCUT2D eigenvalue weighted by Crippen LogP contribution is -2.31. The predicted octanol–water partition coefficient (Wildman–Crippen LogP) is 3.44. The van der Waals surface area contributed by atoms with E-state index in [-0.39, 0.29) is 17.4 Å². The topological polar surface area (TPSA) is 95.9 Å². The van der Waals surface area contributed by atoms with Crippen LogP contribution in [0.1, 0.15) is 28.9 Å². The van der Waals surface area contributed by atoms with Crippen LogP contribution in [-0.2, 0) is 9.53 Å². The van der Waals surface area contributed by atoms with Crippen LogP contribution in [0.25, 0.3) is 0 Å². The van der Waals surface area contributed by atoms with Crippen LogP contribution in [0.15, 0.2) is 36.4 Å². The van der Waals surface area contributed by atoms with Crippen LogP contribution in [0.2, 0.25) is 10.0 Å². The average molecular weight is 384 g/mol. The minimum atomic E-state index is -0.880. The second-order valence-electron chi connectivity index (χ2n) is 5.24. The zero-order valence-corrected chi connectivity index (χ0v) is 14.6. The minimum Gasteiger partial charge on any atom is -0.508 e. The van der Waals surface area contributed by atoms with Crippen molar-refractivity contribution < 1.29 is 24.5 Å². The summed E-state index contributed by atoms with van der Waals surface area (Å²) in [6.45, 7) is 1.22. The van der Waals surface area contributed by atoms with Crippen molar-refractivity contribution in [1.82, 2.24) is 5.32 Å². The number of benzene rings is 2. The third-order valence-electron chi connectivity index (χ3n) is 3.36. The van der Waals surface area contributed by atoms with Gasteiger partial charge < -0.3 is 20.3 Å². The number of esters is 1. The number of nitrogens with one attached hydrogen (secondary N) is 1. The van der Waals surface area contributed by atoms with Gasteiger partial charge in [-0.25, -0.2) is 4.79 Å². The highest BCUT2D eigenvalue weighted by molar-refractivity contribution is 6.42. The lowest BCUT2D eigenvalue weighted by Gasteiger charge is -2.15. The van der Waals surface area contributed by atoms with Gasteiger partial charge in [0.25, 0.3) is 5.91 Å². The molecule has 25 heavy (non-hydrogen) atoms. The highest BCUT2D eigenvalue weighted by atomic mass is 35.5. The van der Waals surface area contributed by atoms with Gasteiger partial charge in [0.05, 0.1) is 16.1 Å². The van der Waals surface area contributed by atoms with Crippen LogP contribution in [0.4, 0.5) is 0 Å². The molecule has 2 aromatic rings. The number of rotatable bonds is 5. The number of carbonyl (C=O) groups is 2. The van der Waals surface area contributed by atoms with Crippen molar-refractivity contribution in [3.63, 3.8) is 0 Å². The van der Waals surface area contributed by atoms with E-state index in [2.05, 4.69) is 5.32 Å². The van der Waals surface area contributed by atoms with Crippen molar-refractivity contribution in [2.45, 2.75) is 13.0 Å². The first-order valence-electron chi connectivity index (χ1n) is 7.21. The van der Waals surface area contributed by atoms with Crippen molar-refractivity contribution >= 4 is 35.1 Å². The lowest BCUT2D eigenvalue weighted by molar-refractivity contribution is -0.124. The fraction of sp³-hybridized carbons (Fsp3) is 0.176. The second-order valence-corrected chi connectivity index (χ2v) is 6.05. The Bertz CT molecular complexity index is 810.